The van der Waals surface area contributed by atoms with Crippen molar-refractivity contribution in [3.63, 3.8) is 0 Å². The van der Waals surface area contributed by atoms with E-state index in [0.717, 1.165) is 12.0 Å². The van der Waals surface area contributed by atoms with Crippen LogP contribution in [0.25, 0.3) is 10.1 Å². The number of thiophene rings is 1. The van der Waals surface area contributed by atoms with Crippen LogP contribution in [0.3, 0.4) is 0 Å². The molecule has 1 aliphatic carbocycles. The van der Waals surface area contributed by atoms with Gasteiger partial charge in [-0.1, -0.05) is 30.3 Å². The second kappa shape index (κ2) is 8.92. The van der Waals surface area contributed by atoms with Crippen molar-refractivity contribution in [1.29, 1.82) is 0 Å². The first-order valence-corrected chi connectivity index (χ1v) is 13.3. The summed E-state index contributed by atoms with van der Waals surface area (Å²) >= 11 is 1.27. The van der Waals surface area contributed by atoms with Gasteiger partial charge in [0.15, 0.2) is 5.78 Å². The number of aryl methyl sites for hydroxylation is 1. The van der Waals surface area contributed by atoms with Crippen LogP contribution < -0.4 is 27.7 Å². The van der Waals surface area contributed by atoms with Crippen molar-refractivity contribution in [3.05, 3.63) is 87.8 Å². The molecule has 38 heavy (non-hydrogen) atoms. The van der Waals surface area contributed by atoms with Gasteiger partial charge in [0.2, 0.25) is 0 Å². The molecule has 2 aliphatic rings. The van der Waals surface area contributed by atoms with Gasteiger partial charge < -0.3 is 32.6 Å². The smallest absolute Gasteiger partial charge is 0.264 e. The van der Waals surface area contributed by atoms with E-state index in [1.165, 1.54) is 11.3 Å². The Morgan fingerprint density at radius 3 is 2.47 bits per heavy atom. The van der Waals surface area contributed by atoms with E-state index >= 15 is 0 Å². The monoisotopic (exact) mass is 527 g/mol. The molecule has 2 heterocycles. The van der Waals surface area contributed by atoms with Gasteiger partial charge in [-0.3, -0.25) is 9.59 Å². The van der Waals surface area contributed by atoms with E-state index in [1.807, 2.05) is 49.4 Å². The van der Waals surface area contributed by atoms with Crippen molar-refractivity contribution in [2.45, 2.75) is 31.0 Å². The first kappa shape index (κ1) is 24.6. The van der Waals surface area contributed by atoms with Gasteiger partial charge in [0.25, 0.3) is 5.91 Å². The number of ether oxygens (including phenoxy) is 1. The van der Waals surface area contributed by atoms with Gasteiger partial charge in [0, 0.05) is 35.8 Å². The lowest BCUT2D eigenvalue weighted by molar-refractivity contribution is -0.124. The minimum Gasteiger partial charge on any atom is -0.457 e. The molecule has 8 N–H and O–H groups in total. The fraction of sp³-hybridized carbons (Fsp3) is 0.241. The number of ketones is 1. The van der Waals surface area contributed by atoms with E-state index in [1.54, 1.807) is 23.1 Å². The molecule has 3 aromatic carbocycles. The zero-order valence-corrected chi connectivity index (χ0v) is 21.8. The summed E-state index contributed by atoms with van der Waals surface area (Å²) in [5, 5.41) is 0.695. The quantitative estimate of drug-likeness (QED) is 0.296. The number of benzene rings is 3. The van der Waals surface area contributed by atoms with Gasteiger partial charge in [-0.2, -0.15) is 0 Å². The first-order chi connectivity index (χ1) is 18.2. The predicted molar refractivity (Wildman–Crippen MR) is 149 cm³/mol. The number of hydrogen-bond acceptors (Lipinski definition) is 8. The minimum absolute atomic E-state index is 0.0610. The Morgan fingerprint density at radius 1 is 1.05 bits per heavy atom. The lowest BCUT2D eigenvalue weighted by atomic mass is 9.69. The molecule has 4 aromatic rings. The van der Waals surface area contributed by atoms with E-state index in [-0.39, 0.29) is 17.7 Å². The minimum atomic E-state index is -1.52. The van der Waals surface area contributed by atoms with Crippen molar-refractivity contribution < 1.29 is 14.3 Å². The molecular weight excluding hydrogens is 498 g/mol. The molecular formula is C29H29N5O3S. The fourth-order valence-corrected chi connectivity index (χ4v) is 6.97. The molecule has 9 heteroatoms. The van der Waals surface area contributed by atoms with Crippen LogP contribution in [0.4, 0.5) is 5.69 Å². The van der Waals surface area contributed by atoms with Crippen LogP contribution in [0.2, 0.25) is 0 Å². The second-order valence-corrected chi connectivity index (χ2v) is 11.1. The van der Waals surface area contributed by atoms with Crippen molar-refractivity contribution in [3.8, 4) is 11.5 Å². The van der Waals surface area contributed by atoms with Gasteiger partial charge >= 0.3 is 0 Å². The largest absolute Gasteiger partial charge is 0.457 e. The Bertz CT molecular complexity index is 1600. The summed E-state index contributed by atoms with van der Waals surface area (Å²) in [6, 6.07) is 17.3. The van der Waals surface area contributed by atoms with Gasteiger partial charge in [-0.15, -0.1) is 11.3 Å². The van der Waals surface area contributed by atoms with Crippen molar-refractivity contribution in [1.82, 2.24) is 4.90 Å². The predicted octanol–water partition coefficient (Wildman–Crippen LogP) is 3.54. The van der Waals surface area contributed by atoms with Crippen LogP contribution in [0.15, 0.2) is 60.7 Å². The number of nitrogen functional groups attached to an aromatic ring is 1. The number of carbonyl (C=O) groups excluding carboxylic acids is 2. The van der Waals surface area contributed by atoms with Crippen LogP contribution >= 0.6 is 11.3 Å². The maximum absolute atomic E-state index is 14.1. The number of hydrogen-bond donors (Lipinski definition) is 4. The number of nitrogens with two attached hydrogens (primary N) is 4. The molecule has 0 bridgehead atoms. The Balaban J connectivity index is 1.49. The molecule has 0 spiro atoms. The van der Waals surface area contributed by atoms with E-state index < -0.39 is 11.6 Å². The first-order valence-electron chi connectivity index (χ1n) is 12.5. The molecule has 1 amide bonds. The standard InChI is InChI=1S/C29H29N5O3S/c1-15-13-18(37-17-5-3-2-4-6-17)7-8-19(15)29(33)20-9-10-21(31)25-22(20)23(24(32)27(29)35)26(38-25)28(36)34-12-11-16(30)14-34/h2-10,13,16,24H,11-12,14,30-33H2,1H3. The SMILES string of the molecule is Cc1cc(Oc2ccccc2)ccc1C1(N)C(=O)C(N)c2c(C(=O)N3CCC(N)C3)sc3c(N)ccc1c23. The average Bonchev–Trinajstić information content (AvgIpc) is 3.52. The van der Waals surface area contributed by atoms with Crippen LogP contribution in [-0.4, -0.2) is 35.7 Å². The van der Waals surface area contributed by atoms with Crippen molar-refractivity contribution >= 4 is 38.8 Å². The zero-order chi connectivity index (χ0) is 26.8. The summed E-state index contributed by atoms with van der Waals surface area (Å²) in [6.45, 7) is 2.93. The normalized spacial score (nSPS) is 22.7. The lowest BCUT2D eigenvalue weighted by Crippen LogP contribution is -2.53. The molecule has 8 nitrogen and oxygen atoms in total. The maximum Gasteiger partial charge on any atom is 0.264 e. The van der Waals surface area contributed by atoms with E-state index in [9.17, 15) is 9.59 Å². The third-order valence-corrected chi connectivity index (χ3v) is 8.86. The zero-order valence-electron chi connectivity index (χ0n) is 20.9. The number of rotatable bonds is 4. The summed E-state index contributed by atoms with van der Waals surface area (Å²) in [4.78, 5) is 29.7. The Labute approximate surface area is 224 Å². The third kappa shape index (κ3) is 3.62. The molecule has 1 saturated heterocycles. The number of para-hydroxylation sites is 1. The maximum atomic E-state index is 14.1. The molecule has 194 valence electrons. The highest BCUT2D eigenvalue weighted by Crippen LogP contribution is 2.50. The average molecular weight is 528 g/mol. The summed E-state index contributed by atoms with van der Waals surface area (Å²) in [5.41, 5.74) is 27.6. The van der Waals surface area contributed by atoms with Crippen LogP contribution in [0.5, 0.6) is 11.5 Å². The molecule has 0 saturated carbocycles. The van der Waals surface area contributed by atoms with Crippen molar-refractivity contribution in [2.75, 3.05) is 18.8 Å². The number of amides is 1. The summed E-state index contributed by atoms with van der Waals surface area (Å²) < 4.78 is 6.69. The molecule has 3 atom stereocenters. The highest BCUT2D eigenvalue weighted by atomic mass is 32.1. The Hall–Kier alpha value is -3.76. The fourth-order valence-electron chi connectivity index (χ4n) is 5.70. The molecule has 0 radical (unpaired) electrons. The molecule has 6 rings (SSSR count). The Kier molecular flexibility index (Phi) is 5.77. The van der Waals surface area contributed by atoms with E-state index in [4.69, 9.17) is 27.7 Å². The molecule has 3 unspecified atom stereocenters. The summed E-state index contributed by atoms with van der Waals surface area (Å²) in [5.74, 6) is 0.786. The summed E-state index contributed by atoms with van der Waals surface area (Å²) in [6.07, 6.45) is 0.736. The summed E-state index contributed by atoms with van der Waals surface area (Å²) in [7, 11) is 0. The number of Topliss-reactive ketones (excluding diaryl/α,β-unsaturated/α-hetero) is 1. The highest BCUT2D eigenvalue weighted by Gasteiger charge is 2.49. The van der Waals surface area contributed by atoms with E-state index in [2.05, 4.69) is 0 Å². The van der Waals surface area contributed by atoms with Crippen LogP contribution in [0, 0.1) is 6.92 Å². The van der Waals surface area contributed by atoms with Crippen molar-refractivity contribution in [2.24, 2.45) is 17.2 Å². The number of likely N-dealkylation sites (tertiary alicyclic amines) is 1. The number of carbonyl (C=O) groups is 2. The van der Waals surface area contributed by atoms with Crippen LogP contribution in [0.1, 0.15) is 44.4 Å². The molecule has 1 fully saturated rings. The van der Waals surface area contributed by atoms with E-state index in [0.29, 0.717) is 61.9 Å². The second-order valence-electron chi connectivity index (χ2n) is 10.1. The number of anilines is 1. The highest BCUT2D eigenvalue weighted by molar-refractivity contribution is 7.21. The third-order valence-electron chi connectivity index (χ3n) is 7.62. The topological polar surface area (TPSA) is 151 Å². The number of nitrogens with zero attached hydrogens (tertiary/aromatic N) is 1. The molecule has 1 aromatic heterocycles. The van der Waals surface area contributed by atoms with Gasteiger partial charge in [-0.05, 0) is 60.4 Å². The Morgan fingerprint density at radius 2 is 1.79 bits per heavy atom. The van der Waals surface area contributed by atoms with Gasteiger partial charge in [0.1, 0.15) is 17.0 Å². The lowest BCUT2D eigenvalue weighted by Gasteiger charge is -2.37. The molecule has 1 aliphatic heterocycles. The van der Waals surface area contributed by atoms with Crippen LogP contribution in [-0.2, 0) is 10.3 Å². The van der Waals surface area contributed by atoms with Gasteiger partial charge in [-0.25, -0.2) is 0 Å². The van der Waals surface area contributed by atoms with Gasteiger partial charge in [0.05, 0.1) is 15.6 Å².